The molecule has 0 unspecified atom stereocenters. The highest BCUT2D eigenvalue weighted by molar-refractivity contribution is 7.90. The van der Waals surface area contributed by atoms with Crippen LogP contribution in [0.4, 0.5) is 13.2 Å². The molecule has 0 aliphatic carbocycles. The summed E-state index contributed by atoms with van der Waals surface area (Å²) >= 11 is 0. The predicted octanol–water partition coefficient (Wildman–Crippen LogP) is 0.184. The topological polar surface area (TPSA) is 105 Å². The van der Waals surface area contributed by atoms with Crippen LogP contribution >= 0.6 is 0 Å². The van der Waals surface area contributed by atoms with Gasteiger partial charge in [-0.2, -0.15) is 22.6 Å². The summed E-state index contributed by atoms with van der Waals surface area (Å²) in [6.07, 6.45) is 1.93. The molecule has 0 saturated carbocycles. The largest absolute Gasteiger partial charge is 0.511 e. The summed E-state index contributed by atoms with van der Waals surface area (Å²) in [5.74, 6) is 1.15. The number of alkyl halides is 3. The van der Waals surface area contributed by atoms with Gasteiger partial charge in [-0.1, -0.05) is 0 Å². The molecule has 1 aromatic rings. The monoisotopic (exact) mass is 397 g/mol. The molecule has 2 rings (SSSR count). The van der Waals surface area contributed by atoms with Gasteiger partial charge < -0.3 is 10.6 Å². The summed E-state index contributed by atoms with van der Waals surface area (Å²) in [6.45, 7) is 2.39. The molecular weight excluding hydrogens is 375 g/mol. The zero-order valence-electron chi connectivity index (χ0n) is 14.5. The number of nitrogens with one attached hydrogen (secondary N) is 2. The third-order valence-electron chi connectivity index (χ3n) is 3.96. The van der Waals surface area contributed by atoms with Crippen LogP contribution in [0.15, 0.2) is 11.3 Å². The van der Waals surface area contributed by atoms with Crippen molar-refractivity contribution in [3.8, 4) is 0 Å². The summed E-state index contributed by atoms with van der Waals surface area (Å²) in [7, 11) is -3.52. The standard InChI is InChI=1S/C13H22F3N7O2S/c1-3-17-12(18-8-11-19-9-20-22(11)2)21-10-4-6-23(7-5-10)26(24,25)13(14,15)16/h9-10H,3-8H2,1-2H3,(H2,17,18,21). The van der Waals surface area contributed by atoms with Gasteiger partial charge >= 0.3 is 15.5 Å². The lowest BCUT2D eigenvalue weighted by atomic mass is 10.1. The van der Waals surface area contributed by atoms with Crippen molar-refractivity contribution in [2.75, 3.05) is 19.6 Å². The molecule has 1 aliphatic rings. The number of aryl methyl sites for hydroxylation is 1. The summed E-state index contributed by atoms with van der Waals surface area (Å²) in [5.41, 5.74) is -5.26. The van der Waals surface area contributed by atoms with Gasteiger partial charge in [0.25, 0.3) is 0 Å². The van der Waals surface area contributed by atoms with Gasteiger partial charge in [0.1, 0.15) is 18.7 Å². The van der Waals surface area contributed by atoms with Crippen molar-refractivity contribution in [2.45, 2.75) is 37.9 Å². The maximum absolute atomic E-state index is 12.6. The fourth-order valence-electron chi connectivity index (χ4n) is 2.51. The molecule has 1 fully saturated rings. The van der Waals surface area contributed by atoms with Crippen LogP contribution in [-0.2, 0) is 23.6 Å². The fraction of sp³-hybridized carbons (Fsp3) is 0.769. The third-order valence-corrected chi connectivity index (χ3v) is 5.59. The van der Waals surface area contributed by atoms with E-state index in [9.17, 15) is 21.6 Å². The molecule has 1 aromatic heterocycles. The Morgan fingerprint density at radius 2 is 2.04 bits per heavy atom. The number of halogens is 3. The van der Waals surface area contributed by atoms with E-state index in [1.54, 1.807) is 11.7 Å². The van der Waals surface area contributed by atoms with Crippen molar-refractivity contribution in [2.24, 2.45) is 12.0 Å². The van der Waals surface area contributed by atoms with E-state index in [1.807, 2.05) is 6.92 Å². The average molecular weight is 397 g/mol. The van der Waals surface area contributed by atoms with Gasteiger partial charge in [0, 0.05) is 32.7 Å². The number of hydrogen-bond acceptors (Lipinski definition) is 5. The van der Waals surface area contributed by atoms with Crippen LogP contribution in [0, 0.1) is 0 Å². The normalized spacial score (nSPS) is 18.1. The first-order chi connectivity index (χ1) is 12.1. The molecule has 13 heteroatoms. The van der Waals surface area contributed by atoms with Crippen molar-refractivity contribution in [3.05, 3.63) is 12.2 Å². The van der Waals surface area contributed by atoms with Crippen molar-refractivity contribution in [1.29, 1.82) is 0 Å². The first-order valence-electron chi connectivity index (χ1n) is 8.09. The van der Waals surface area contributed by atoms with E-state index in [-0.39, 0.29) is 38.5 Å². The molecule has 0 aromatic carbocycles. The van der Waals surface area contributed by atoms with Gasteiger partial charge in [-0.25, -0.2) is 18.4 Å². The van der Waals surface area contributed by atoms with E-state index < -0.39 is 15.5 Å². The van der Waals surface area contributed by atoms with Gasteiger partial charge in [0.15, 0.2) is 5.96 Å². The molecule has 0 atom stereocenters. The van der Waals surface area contributed by atoms with E-state index in [4.69, 9.17) is 0 Å². The van der Waals surface area contributed by atoms with Crippen LogP contribution < -0.4 is 10.6 Å². The van der Waals surface area contributed by atoms with Crippen LogP contribution in [-0.4, -0.2) is 64.6 Å². The fourth-order valence-corrected chi connectivity index (χ4v) is 3.50. The van der Waals surface area contributed by atoms with Crippen molar-refractivity contribution in [3.63, 3.8) is 0 Å². The average Bonchev–Trinajstić information content (AvgIpc) is 2.97. The summed E-state index contributed by atoms with van der Waals surface area (Å²) in [6, 6.07) is -0.174. The Morgan fingerprint density at radius 3 is 2.54 bits per heavy atom. The number of rotatable bonds is 5. The smallest absolute Gasteiger partial charge is 0.357 e. The maximum Gasteiger partial charge on any atom is 0.511 e. The Balaban J connectivity index is 1.94. The van der Waals surface area contributed by atoms with E-state index in [0.29, 0.717) is 22.6 Å². The minimum absolute atomic E-state index is 0.174. The van der Waals surface area contributed by atoms with E-state index in [0.717, 1.165) is 0 Å². The highest BCUT2D eigenvalue weighted by atomic mass is 32.2. The van der Waals surface area contributed by atoms with Gasteiger partial charge in [-0.3, -0.25) is 4.68 Å². The van der Waals surface area contributed by atoms with Crippen LogP contribution in [0.25, 0.3) is 0 Å². The molecule has 2 heterocycles. The molecular formula is C13H22F3N7O2S. The highest BCUT2D eigenvalue weighted by Crippen LogP contribution is 2.28. The van der Waals surface area contributed by atoms with E-state index in [2.05, 4.69) is 25.7 Å². The van der Waals surface area contributed by atoms with E-state index in [1.165, 1.54) is 6.33 Å². The summed E-state index contributed by atoms with van der Waals surface area (Å²) < 4.78 is 62.8. The Bertz CT molecular complexity index is 724. The predicted molar refractivity (Wildman–Crippen MR) is 88.5 cm³/mol. The second-order valence-electron chi connectivity index (χ2n) is 5.76. The van der Waals surface area contributed by atoms with Gasteiger partial charge in [0.05, 0.1) is 0 Å². The number of hydrogen-bond donors (Lipinski definition) is 2. The second-order valence-corrected chi connectivity index (χ2v) is 7.69. The van der Waals surface area contributed by atoms with Gasteiger partial charge in [-0.15, -0.1) is 0 Å². The minimum Gasteiger partial charge on any atom is -0.357 e. The lowest BCUT2D eigenvalue weighted by Gasteiger charge is -2.32. The molecule has 1 saturated heterocycles. The number of aromatic nitrogens is 3. The molecule has 0 bridgehead atoms. The molecule has 0 radical (unpaired) electrons. The Kier molecular flexibility index (Phi) is 6.44. The second kappa shape index (κ2) is 8.20. The van der Waals surface area contributed by atoms with E-state index >= 15 is 0 Å². The first kappa shape index (κ1) is 20.4. The van der Waals surface area contributed by atoms with Crippen molar-refractivity contribution < 1.29 is 21.6 Å². The molecule has 2 N–H and O–H groups in total. The van der Waals surface area contributed by atoms with Gasteiger partial charge in [-0.05, 0) is 19.8 Å². The number of nitrogens with zero attached hydrogens (tertiary/aromatic N) is 5. The van der Waals surface area contributed by atoms with Crippen LogP contribution in [0.5, 0.6) is 0 Å². The van der Waals surface area contributed by atoms with Gasteiger partial charge in [0.2, 0.25) is 0 Å². The molecule has 9 nitrogen and oxygen atoms in total. The quantitative estimate of drug-likeness (QED) is 0.543. The van der Waals surface area contributed by atoms with Crippen LogP contribution in [0.1, 0.15) is 25.6 Å². The SMILES string of the molecule is CCNC(=NCc1ncnn1C)NC1CCN(S(=O)(=O)C(F)(F)F)CC1. The lowest BCUT2D eigenvalue weighted by Crippen LogP contribution is -2.51. The summed E-state index contributed by atoms with van der Waals surface area (Å²) in [5, 5.41) is 10.1. The first-order valence-corrected chi connectivity index (χ1v) is 9.53. The van der Waals surface area contributed by atoms with Crippen LogP contribution in [0.3, 0.4) is 0 Å². The van der Waals surface area contributed by atoms with Crippen molar-refractivity contribution >= 4 is 16.0 Å². The Morgan fingerprint density at radius 1 is 1.38 bits per heavy atom. The highest BCUT2D eigenvalue weighted by Gasteiger charge is 2.50. The number of guanidine groups is 1. The molecule has 26 heavy (non-hydrogen) atoms. The zero-order valence-corrected chi connectivity index (χ0v) is 15.3. The van der Waals surface area contributed by atoms with Crippen molar-refractivity contribution in [1.82, 2.24) is 29.7 Å². The van der Waals surface area contributed by atoms with Crippen LogP contribution in [0.2, 0.25) is 0 Å². The summed E-state index contributed by atoms with van der Waals surface area (Å²) in [4.78, 5) is 8.44. The molecule has 148 valence electrons. The minimum atomic E-state index is -5.26. The number of sulfonamides is 1. The number of aliphatic imine (C=N–C) groups is 1. The molecule has 0 spiro atoms. The Labute approximate surface area is 149 Å². The maximum atomic E-state index is 12.6. The lowest BCUT2D eigenvalue weighted by molar-refractivity contribution is -0.0494. The Hall–Kier alpha value is -1.89. The third kappa shape index (κ3) is 4.84. The molecule has 0 amide bonds. The molecule has 1 aliphatic heterocycles. The zero-order chi connectivity index (χ0) is 19.4. The number of piperidine rings is 1.